The molecule has 94 valence electrons. The van der Waals surface area contributed by atoms with Crippen LogP contribution in [0, 0.1) is 17.0 Å². The highest BCUT2D eigenvalue weighted by Gasteiger charge is 2.20. The molecule has 0 spiro atoms. The Kier molecular flexibility index (Phi) is 2.51. The van der Waals surface area contributed by atoms with E-state index in [-0.39, 0.29) is 22.2 Å². The normalized spacial score (nSPS) is 11.9. The van der Waals surface area contributed by atoms with E-state index in [1.54, 1.807) is 0 Å². The molecule has 0 atom stereocenters. The quantitative estimate of drug-likeness (QED) is 0.326. The van der Waals surface area contributed by atoms with E-state index in [1.165, 1.54) is 13.0 Å². The first-order valence-corrected chi connectivity index (χ1v) is 4.67. The van der Waals surface area contributed by atoms with Crippen LogP contribution >= 0.6 is 0 Å². The van der Waals surface area contributed by atoms with Crippen LogP contribution < -0.4 is 10.8 Å². The molecule has 9 nitrogen and oxygen atoms in total. The minimum atomic E-state index is -1.00. The molecular formula is C9H7N3O6. The minimum Gasteiger partial charge on any atom is -0.438 e. The van der Waals surface area contributed by atoms with Gasteiger partial charge in [-0.05, 0) is 13.0 Å². The van der Waals surface area contributed by atoms with Crippen molar-refractivity contribution in [1.29, 1.82) is 0 Å². The summed E-state index contributed by atoms with van der Waals surface area (Å²) in [5.41, 5.74) is -1.92. The van der Waals surface area contributed by atoms with Gasteiger partial charge in [-0.1, -0.05) is 5.16 Å². The lowest BCUT2D eigenvalue weighted by molar-refractivity contribution is -0.386. The van der Waals surface area contributed by atoms with E-state index in [0.29, 0.717) is 11.0 Å². The van der Waals surface area contributed by atoms with Gasteiger partial charge in [-0.15, -0.1) is 0 Å². The van der Waals surface area contributed by atoms with Crippen molar-refractivity contribution in [3.63, 3.8) is 0 Å². The zero-order valence-corrected chi connectivity index (χ0v) is 9.02. The Bertz CT molecular complexity index is 772. The molecule has 0 bridgehead atoms. The number of rotatable bonds is 1. The van der Waals surface area contributed by atoms with Crippen molar-refractivity contribution < 1.29 is 19.8 Å². The Balaban J connectivity index is 3.12. The number of nitrogens with zero attached hydrogens (tertiary/aromatic N) is 3. The molecule has 0 aliphatic carbocycles. The van der Waals surface area contributed by atoms with E-state index < -0.39 is 16.0 Å². The van der Waals surface area contributed by atoms with Crippen molar-refractivity contribution >= 4 is 16.8 Å². The zero-order valence-electron chi connectivity index (χ0n) is 9.02. The topological polar surface area (TPSA) is 131 Å². The molecule has 2 aromatic heterocycles. The molecule has 2 heterocycles. The Hall–Kier alpha value is -2.84. The Morgan fingerprint density at radius 3 is 2.78 bits per heavy atom. The van der Waals surface area contributed by atoms with Gasteiger partial charge in [0.1, 0.15) is 10.7 Å². The van der Waals surface area contributed by atoms with Gasteiger partial charge in [0, 0.05) is 0 Å². The SMILES string of the molecule is Cc1cc(=NO)c2c(=O)c([N+](=O)[O-])coc2n1O. The molecule has 0 unspecified atom stereocenters. The van der Waals surface area contributed by atoms with E-state index in [1.807, 2.05) is 0 Å². The average molecular weight is 253 g/mol. The fourth-order valence-corrected chi connectivity index (χ4v) is 1.53. The molecule has 2 N–H and O–H groups in total. The smallest absolute Gasteiger partial charge is 0.351 e. The van der Waals surface area contributed by atoms with E-state index in [4.69, 9.17) is 9.62 Å². The van der Waals surface area contributed by atoms with Crippen molar-refractivity contribution in [2.45, 2.75) is 6.92 Å². The van der Waals surface area contributed by atoms with Gasteiger partial charge in [0.25, 0.3) is 5.43 Å². The van der Waals surface area contributed by atoms with Gasteiger partial charge >= 0.3 is 5.69 Å². The molecule has 0 aliphatic heterocycles. The Labute approximate surface area is 97.9 Å². The number of aryl methyl sites for hydroxylation is 1. The standard InChI is InChI=1S/C9H7N3O6/c1-4-2-5(10-14)7-8(13)6(12(16)17)3-18-9(7)11(4)15/h2-3,14-15H,1H3. The summed E-state index contributed by atoms with van der Waals surface area (Å²) in [7, 11) is 0. The number of fused-ring (bicyclic) bond motifs is 1. The van der Waals surface area contributed by atoms with E-state index in [2.05, 4.69) is 5.16 Å². The van der Waals surface area contributed by atoms with Gasteiger partial charge in [-0.2, -0.15) is 4.73 Å². The van der Waals surface area contributed by atoms with Crippen molar-refractivity contribution in [2.75, 3.05) is 0 Å². The molecule has 0 aromatic carbocycles. The lowest BCUT2D eigenvalue weighted by Gasteiger charge is -2.05. The van der Waals surface area contributed by atoms with Gasteiger partial charge in [-0.3, -0.25) is 14.9 Å². The highest BCUT2D eigenvalue weighted by atomic mass is 16.6. The molecule has 9 heteroatoms. The first kappa shape index (κ1) is 11.6. The fraction of sp³-hybridized carbons (Fsp3) is 0.111. The van der Waals surface area contributed by atoms with Gasteiger partial charge in [-0.25, -0.2) is 0 Å². The monoisotopic (exact) mass is 253 g/mol. The lowest BCUT2D eigenvalue weighted by Crippen LogP contribution is -2.20. The second-order valence-electron chi connectivity index (χ2n) is 3.47. The van der Waals surface area contributed by atoms with Crippen LogP contribution in [0.4, 0.5) is 5.69 Å². The summed E-state index contributed by atoms with van der Waals surface area (Å²) in [4.78, 5) is 21.5. The molecule has 0 fully saturated rings. The first-order chi connectivity index (χ1) is 8.47. The van der Waals surface area contributed by atoms with Crippen LogP contribution in [-0.4, -0.2) is 20.1 Å². The van der Waals surface area contributed by atoms with Crippen molar-refractivity contribution in [2.24, 2.45) is 5.16 Å². The number of nitro groups is 1. The lowest BCUT2D eigenvalue weighted by atomic mass is 10.2. The van der Waals surface area contributed by atoms with E-state index in [0.717, 1.165) is 0 Å². The first-order valence-electron chi connectivity index (χ1n) is 4.67. The summed E-state index contributed by atoms with van der Waals surface area (Å²) in [6, 6.07) is 1.18. The summed E-state index contributed by atoms with van der Waals surface area (Å²) in [5, 5.41) is 31.3. The summed E-state index contributed by atoms with van der Waals surface area (Å²) in [6.45, 7) is 1.47. The predicted octanol–water partition coefficient (Wildman–Crippen LogP) is 0.338. The summed E-state index contributed by atoms with van der Waals surface area (Å²) >= 11 is 0. The molecule has 0 aliphatic rings. The summed E-state index contributed by atoms with van der Waals surface area (Å²) in [6.07, 6.45) is 0.623. The number of aromatic nitrogens is 1. The predicted molar refractivity (Wildman–Crippen MR) is 56.4 cm³/mol. The highest BCUT2D eigenvalue weighted by Crippen LogP contribution is 2.12. The summed E-state index contributed by atoms with van der Waals surface area (Å²) < 4.78 is 5.38. The van der Waals surface area contributed by atoms with Crippen LogP contribution in [0.3, 0.4) is 0 Å². The fourth-order valence-electron chi connectivity index (χ4n) is 1.53. The van der Waals surface area contributed by atoms with Gasteiger partial charge in [0.2, 0.25) is 5.71 Å². The Morgan fingerprint density at radius 1 is 1.56 bits per heavy atom. The van der Waals surface area contributed by atoms with Crippen molar-refractivity contribution in [1.82, 2.24) is 4.73 Å². The molecule has 2 aromatic rings. The van der Waals surface area contributed by atoms with Gasteiger partial charge < -0.3 is 14.8 Å². The maximum absolute atomic E-state index is 11.8. The molecule has 0 saturated carbocycles. The van der Waals surface area contributed by atoms with E-state index in [9.17, 15) is 20.1 Å². The van der Waals surface area contributed by atoms with E-state index >= 15 is 0 Å². The molecule has 0 amide bonds. The third kappa shape index (κ3) is 1.49. The Morgan fingerprint density at radius 2 is 2.22 bits per heavy atom. The third-order valence-corrected chi connectivity index (χ3v) is 2.39. The molecule has 0 saturated heterocycles. The van der Waals surface area contributed by atoms with Crippen LogP contribution in [0.15, 0.2) is 26.7 Å². The van der Waals surface area contributed by atoms with Crippen LogP contribution in [0.25, 0.3) is 11.1 Å². The van der Waals surface area contributed by atoms with Crippen LogP contribution in [-0.2, 0) is 0 Å². The summed E-state index contributed by atoms with van der Waals surface area (Å²) in [5.74, 6) is 0. The number of hydrogen-bond acceptors (Lipinski definition) is 7. The van der Waals surface area contributed by atoms with Gasteiger partial charge in [0.05, 0.1) is 10.6 Å². The largest absolute Gasteiger partial charge is 0.438 e. The molecule has 18 heavy (non-hydrogen) atoms. The molecule has 2 rings (SSSR count). The second kappa shape index (κ2) is 3.87. The van der Waals surface area contributed by atoms with Crippen LogP contribution in [0.1, 0.15) is 5.69 Å². The van der Waals surface area contributed by atoms with Gasteiger partial charge in [0.15, 0.2) is 6.26 Å². The minimum absolute atomic E-state index is 0.217. The zero-order chi connectivity index (χ0) is 13.4. The molecular weight excluding hydrogens is 246 g/mol. The third-order valence-electron chi connectivity index (χ3n) is 2.39. The maximum Gasteiger partial charge on any atom is 0.351 e. The number of pyridine rings is 1. The van der Waals surface area contributed by atoms with Crippen LogP contribution in [0.5, 0.6) is 0 Å². The molecule has 0 radical (unpaired) electrons. The van der Waals surface area contributed by atoms with Crippen molar-refractivity contribution in [3.05, 3.63) is 43.7 Å². The van der Waals surface area contributed by atoms with Crippen molar-refractivity contribution in [3.8, 4) is 0 Å². The highest BCUT2D eigenvalue weighted by molar-refractivity contribution is 5.74. The maximum atomic E-state index is 11.8. The van der Waals surface area contributed by atoms with Crippen LogP contribution in [0.2, 0.25) is 0 Å². The number of hydrogen-bond donors (Lipinski definition) is 2. The second-order valence-corrected chi connectivity index (χ2v) is 3.47. The average Bonchev–Trinajstić information content (AvgIpc) is 2.33.